The zero-order valence-electron chi connectivity index (χ0n) is 11.5. The Hall–Kier alpha value is -0.930. The van der Waals surface area contributed by atoms with Gasteiger partial charge in [-0.25, -0.2) is 0 Å². The average Bonchev–Trinajstić information content (AvgIpc) is 2.88. The molecule has 2 rings (SSSR count). The number of aliphatic hydroxyl groups is 2. The Morgan fingerprint density at radius 1 is 1.40 bits per heavy atom. The van der Waals surface area contributed by atoms with Crippen LogP contribution in [-0.2, 0) is 18.9 Å². The van der Waals surface area contributed by atoms with Gasteiger partial charge in [0.2, 0.25) is 0 Å². The van der Waals surface area contributed by atoms with E-state index in [1.54, 1.807) is 13.8 Å². The van der Waals surface area contributed by atoms with Crippen molar-refractivity contribution in [3.63, 3.8) is 0 Å². The maximum absolute atomic E-state index is 10.2. The molecule has 0 aromatic carbocycles. The highest BCUT2D eigenvalue weighted by Gasteiger charge is 2.58. The van der Waals surface area contributed by atoms with Crippen LogP contribution in [0.4, 0.5) is 0 Å². The van der Waals surface area contributed by atoms with Crippen LogP contribution < -0.4 is 0 Å². The van der Waals surface area contributed by atoms with E-state index in [1.807, 2.05) is 0 Å². The van der Waals surface area contributed by atoms with E-state index in [1.165, 1.54) is 7.11 Å². The minimum Gasteiger partial charge on any atom is -0.396 e. The van der Waals surface area contributed by atoms with Gasteiger partial charge in [-0.3, -0.25) is 0 Å². The summed E-state index contributed by atoms with van der Waals surface area (Å²) in [6.07, 6.45) is -3.77. The number of aliphatic hydroxyl groups excluding tert-OH is 2. The standard InChI is InChI=1S/C11H19N3O6/c1-11(2)19-8-7(6(16)5(4-15)13-14-12)18-10(17-3)9(8)20-11/h5-10,15-16H,4H2,1-3H3/t5-,6-,7+,8+,9+,10+/m0/s1. The minimum atomic E-state index is -1.22. The SMILES string of the molecule is CO[C@@H]1O[C@H]([C@@H](O)[C@H](CO)N=[N+]=[N-])[C@H]2OC(C)(C)O[C@@H]12. The van der Waals surface area contributed by atoms with Crippen molar-refractivity contribution in [1.82, 2.24) is 0 Å². The Kier molecular flexibility index (Phi) is 4.50. The normalized spacial score (nSPS) is 38.0. The number of fused-ring (bicyclic) bond motifs is 1. The van der Waals surface area contributed by atoms with Crippen LogP contribution in [0.25, 0.3) is 10.4 Å². The molecule has 2 N–H and O–H groups in total. The first-order valence-electron chi connectivity index (χ1n) is 6.30. The highest BCUT2D eigenvalue weighted by Crippen LogP contribution is 2.40. The van der Waals surface area contributed by atoms with E-state index in [0.29, 0.717) is 0 Å². The molecule has 114 valence electrons. The molecule has 2 heterocycles. The van der Waals surface area contributed by atoms with E-state index in [9.17, 15) is 10.2 Å². The molecular formula is C11H19N3O6. The van der Waals surface area contributed by atoms with Gasteiger partial charge in [-0.15, -0.1) is 0 Å². The van der Waals surface area contributed by atoms with Crippen LogP contribution in [0.5, 0.6) is 0 Å². The van der Waals surface area contributed by atoms with Crippen molar-refractivity contribution >= 4 is 0 Å². The molecule has 0 aromatic heterocycles. The molecule has 0 spiro atoms. The van der Waals surface area contributed by atoms with Crippen LogP contribution in [0, 0.1) is 0 Å². The van der Waals surface area contributed by atoms with Crippen molar-refractivity contribution in [2.45, 2.75) is 56.4 Å². The van der Waals surface area contributed by atoms with Crippen molar-refractivity contribution in [1.29, 1.82) is 0 Å². The molecule has 0 amide bonds. The second-order valence-corrected chi connectivity index (χ2v) is 5.21. The van der Waals surface area contributed by atoms with Gasteiger partial charge in [-0.1, -0.05) is 5.11 Å². The lowest BCUT2D eigenvalue weighted by atomic mass is 10.0. The van der Waals surface area contributed by atoms with Gasteiger partial charge >= 0.3 is 0 Å². The van der Waals surface area contributed by atoms with E-state index in [-0.39, 0.29) is 0 Å². The number of azide groups is 1. The summed E-state index contributed by atoms with van der Waals surface area (Å²) < 4.78 is 22.1. The van der Waals surface area contributed by atoms with E-state index < -0.39 is 49.1 Å². The van der Waals surface area contributed by atoms with Crippen LogP contribution in [0.15, 0.2) is 5.11 Å². The summed E-state index contributed by atoms with van der Waals surface area (Å²) >= 11 is 0. The van der Waals surface area contributed by atoms with Crippen molar-refractivity contribution in [3.8, 4) is 0 Å². The summed E-state index contributed by atoms with van der Waals surface area (Å²) in [6.45, 7) is 3.00. The molecule has 0 saturated carbocycles. The Bertz CT molecular complexity index is 400. The van der Waals surface area contributed by atoms with Gasteiger partial charge < -0.3 is 29.2 Å². The molecule has 2 aliphatic heterocycles. The molecular weight excluding hydrogens is 270 g/mol. The number of ether oxygens (including phenoxy) is 4. The van der Waals surface area contributed by atoms with E-state index in [4.69, 9.17) is 24.5 Å². The predicted octanol–water partition coefficient (Wildman–Crippen LogP) is -0.0901. The maximum Gasteiger partial charge on any atom is 0.186 e. The van der Waals surface area contributed by atoms with Crippen molar-refractivity contribution in [2.24, 2.45) is 5.11 Å². The molecule has 9 heteroatoms. The first-order valence-corrected chi connectivity index (χ1v) is 6.30. The number of rotatable bonds is 5. The lowest BCUT2D eigenvalue weighted by Crippen LogP contribution is -2.45. The van der Waals surface area contributed by atoms with Crippen LogP contribution in [0.3, 0.4) is 0 Å². The fourth-order valence-corrected chi connectivity index (χ4v) is 2.55. The van der Waals surface area contributed by atoms with Gasteiger partial charge in [-0.2, -0.15) is 0 Å². The summed E-state index contributed by atoms with van der Waals surface area (Å²) in [5.41, 5.74) is 8.44. The number of hydrogen-bond donors (Lipinski definition) is 2. The highest BCUT2D eigenvalue weighted by atomic mass is 16.8. The minimum absolute atomic E-state index is 0.486. The zero-order valence-corrected chi connectivity index (χ0v) is 11.5. The van der Waals surface area contributed by atoms with Crippen LogP contribution in [-0.4, -0.2) is 66.5 Å². The third kappa shape index (κ3) is 2.75. The first kappa shape index (κ1) is 15.5. The van der Waals surface area contributed by atoms with E-state index in [2.05, 4.69) is 10.0 Å². The summed E-state index contributed by atoms with van der Waals surface area (Å²) in [6, 6.07) is -1.02. The van der Waals surface area contributed by atoms with Gasteiger partial charge in [0.25, 0.3) is 0 Å². The molecule has 2 saturated heterocycles. The van der Waals surface area contributed by atoms with Gasteiger partial charge in [-0.05, 0) is 19.4 Å². The maximum atomic E-state index is 10.2. The van der Waals surface area contributed by atoms with Crippen LogP contribution in [0.1, 0.15) is 13.8 Å². The number of nitrogens with zero attached hydrogens (tertiary/aromatic N) is 3. The summed E-state index contributed by atoms with van der Waals surface area (Å²) in [5.74, 6) is -0.818. The second-order valence-electron chi connectivity index (χ2n) is 5.21. The molecule has 0 unspecified atom stereocenters. The first-order chi connectivity index (χ1) is 9.43. The Labute approximate surface area is 116 Å². The summed E-state index contributed by atoms with van der Waals surface area (Å²) in [4.78, 5) is 2.60. The Morgan fingerprint density at radius 3 is 2.60 bits per heavy atom. The second kappa shape index (κ2) is 5.82. The topological polar surface area (TPSA) is 126 Å². The number of methoxy groups -OCH3 is 1. The van der Waals surface area contributed by atoms with Crippen molar-refractivity contribution in [2.75, 3.05) is 13.7 Å². The fraction of sp³-hybridized carbons (Fsp3) is 1.00. The van der Waals surface area contributed by atoms with Gasteiger partial charge in [0.1, 0.15) is 18.3 Å². The molecule has 20 heavy (non-hydrogen) atoms. The molecule has 0 bridgehead atoms. The molecule has 0 radical (unpaired) electrons. The Morgan fingerprint density at radius 2 is 2.05 bits per heavy atom. The average molecular weight is 289 g/mol. The molecule has 9 nitrogen and oxygen atoms in total. The van der Waals surface area contributed by atoms with Crippen molar-refractivity contribution in [3.05, 3.63) is 10.4 Å². The van der Waals surface area contributed by atoms with E-state index in [0.717, 1.165) is 0 Å². The van der Waals surface area contributed by atoms with Crippen LogP contribution >= 0.6 is 0 Å². The third-order valence-corrected chi connectivity index (χ3v) is 3.40. The Balaban J connectivity index is 2.17. The predicted molar refractivity (Wildman–Crippen MR) is 65.5 cm³/mol. The highest BCUT2D eigenvalue weighted by molar-refractivity contribution is 5.00. The molecule has 0 aliphatic carbocycles. The van der Waals surface area contributed by atoms with Crippen molar-refractivity contribution < 1.29 is 29.2 Å². The number of hydrogen-bond acceptors (Lipinski definition) is 7. The fourth-order valence-electron chi connectivity index (χ4n) is 2.55. The van der Waals surface area contributed by atoms with Gasteiger partial charge in [0, 0.05) is 12.0 Å². The summed E-state index contributed by atoms with van der Waals surface area (Å²) in [5, 5.41) is 22.8. The zero-order chi connectivity index (χ0) is 14.9. The largest absolute Gasteiger partial charge is 0.396 e. The monoisotopic (exact) mass is 289 g/mol. The van der Waals surface area contributed by atoms with E-state index >= 15 is 0 Å². The molecule has 6 atom stereocenters. The van der Waals surface area contributed by atoms with Gasteiger partial charge in [0.05, 0.1) is 18.8 Å². The quantitative estimate of drug-likeness (QED) is 0.414. The molecule has 2 fully saturated rings. The molecule has 2 aliphatic rings. The third-order valence-electron chi connectivity index (χ3n) is 3.40. The van der Waals surface area contributed by atoms with Crippen LogP contribution in [0.2, 0.25) is 0 Å². The lowest BCUT2D eigenvalue weighted by Gasteiger charge is -2.28. The van der Waals surface area contributed by atoms with Gasteiger partial charge in [0.15, 0.2) is 12.1 Å². The summed E-state index contributed by atoms with van der Waals surface area (Å²) in [7, 11) is 1.46. The smallest absolute Gasteiger partial charge is 0.186 e. The molecule has 0 aromatic rings. The lowest BCUT2D eigenvalue weighted by molar-refractivity contribution is -0.238.